The van der Waals surface area contributed by atoms with Gasteiger partial charge in [0.1, 0.15) is 12.4 Å². The van der Waals surface area contributed by atoms with E-state index in [-0.39, 0.29) is 18.3 Å². The minimum atomic E-state index is -0.383. The fourth-order valence-electron chi connectivity index (χ4n) is 3.84. The van der Waals surface area contributed by atoms with Gasteiger partial charge in [0.25, 0.3) is 0 Å². The minimum Gasteiger partial charge on any atom is -0.508 e. The Labute approximate surface area is 173 Å². The smallest absolute Gasteiger partial charge is 0.338 e. The van der Waals surface area contributed by atoms with Gasteiger partial charge in [-0.1, -0.05) is 42.5 Å². The number of para-hydroxylation sites is 1. The molecule has 5 heteroatoms. The first-order valence-corrected chi connectivity index (χ1v) is 9.89. The summed E-state index contributed by atoms with van der Waals surface area (Å²) >= 11 is 0. The molecule has 4 aromatic rings. The number of phenols is 1. The molecule has 2 N–H and O–H groups in total. The van der Waals surface area contributed by atoms with Crippen molar-refractivity contribution in [3.05, 3.63) is 101 Å². The van der Waals surface area contributed by atoms with E-state index in [1.54, 1.807) is 36.4 Å². The number of aromatic amines is 1. The standard InChI is InChI=1S/C25H20N2O3/c28-19-11-5-16(6-12-19)15-30-25(29)18-9-7-17(8-10-18)23-24-21(13-14-26-23)20-3-1-2-4-22(20)27-24/h1-12,27-28H,13-15H2. The number of phenolic OH excluding ortho intramolecular Hbond substituents is 1. The highest BCUT2D eigenvalue weighted by Gasteiger charge is 2.20. The van der Waals surface area contributed by atoms with Crippen molar-refractivity contribution < 1.29 is 14.6 Å². The number of ether oxygens (including phenoxy) is 1. The molecule has 1 aromatic heterocycles. The molecule has 0 fully saturated rings. The molecule has 0 atom stereocenters. The average Bonchev–Trinajstić information content (AvgIpc) is 3.17. The SMILES string of the molecule is O=C(OCc1ccc(O)cc1)c1ccc(C2=NCCc3c2[nH]c2ccccc32)cc1. The van der Waals surface area contributed by atoms with Gasteiger partial charge in [-0.3, -0.25) is 4.99 Å². The van der Waals surface area contributed by atoms with Gasteiger partial charge in [-0.05, 0) is 47.9 Å². The Morgan fingerprint density at radius 1 is 1.00 bits per heavy atom. The summed E-state index contributed by atoms with van der Waals surface area (Å²) in [5.74, 6) is -0.198. The number of rotatable bonds is 4. The Morgan fingerprint density at radius 3 is 2.57 bits per heavy atom. The van der Waals surface area contributed by atoms with Crippen molar-refractivity contribution in [3.63, 3.8) is 0 Å². The molecule has 0 radical (unpaired) electrons. The number of nitrogens with zero attached hydrogens (tertiary/aromatic N) is 1. The lowest BCUT2D eigenvalue weighted by Gasteiger charge is -2.14. The minimum absolute atomic E-state index is 0.159. The van der Waals surface area contributed by atoms with Crippen LogP contribution >= 0.6 is 0 Å². The highest BCUT2D eigenvalue weighted by molar-refractivity contribution is 6.16. The van der Waals surface area contributed by atoms with Crippen molar-refractivity contribution in [2.24, 2.45) is 4.99 Å². The third kappa shape index (κ3) is 3.35. The summed E-state index contributed by atoms with van der Waals surface area (Å²) in [6, 6.07) is 22.3. The van der Waals surface area contributed by atoms with Gasteiger partial charge >= 0.3 is 5.97 Å². The first-order chi connectivity index (χ1) is 14.7. The molecule has 3 aromatic carbocycles. The molecule has 5 nitrogen and oxygen atoms in total. The maximum atomic E-state index is 12.4. The fraction of sp³-hybridized carbons (Fsp3) is 0.120. The molecule has 30 heavy (non-hydrogen) atoms. The zero-order valence-electron chi connectivity index (χ0n) is 16.3. The Morgan fingerprint density at radius 2 is 1.77 bits per heavy atom. The number of fused-ring (bicyclic) bond motifs is 3. The van der Waals surface area contributed by atoms with Crippen LogP contribution in [0.3, 0.4) is 0 Å². The van der Waals surface area contributed by atoms with Crippen molar-refractivity contribution in [2.75, 3.05) is 6.54 Å². The second-order valence-corrected chi connectivity index (χ2v) is 7.32. The van der Waals surface area contributed by atoms with Gasteiger partial charge in [-0.2, -0.15) is 0 Å². The van der Waals surface area contributed by atoms with Gasteiger partial charge in [0.15, 0.2) is 0 Å². The van der Waals surface area contributed by atoms with E-state index in [2.05, 4.69) is 23.2 Å². The summed E-state index contributed by atoms with van der Waals surface area (Å²) in [7, 11) is 0. The lowest BCUT2D eigenvalue weighted by Crippen LogP contribution is -2.14. The zero-order chi connectivity index (χ0) is 20.5. The number of esters is 1. The van der Waals surface area contributed by atoms with Crippen molar-refractivity contribution in [3.8, 4) is 5.75 Å². The monoisotopic (exact) mass is 396 g/mol. The normalized spacial score (nSPS) is 13.0. The van der Waals surface area contributed by atoms with Gasteiger partial charge in [0, 0.05) is 23.0 Å². The van der Waals surface area contributed by atoms with Crippen molar-refractivity contribution >= 4 is 22.6 Å². The Hall–Kier alpha value is -3.86. The van der Waals surface area contributed by atoms with E-state index in [1.165, 1.54) is 10.9 Å². The molecule has 5 rings (SSSR count). The van der Waals surface area contributed by atoms with Crippen LogP contribution in [0.1, 0.15) is 32.7 Å². The number of carbonyl (C=O) groups is 1. The van der Waals surface area contributed by atoms with E-state index in [4.69, 9.17) is 9.73 Å². The van der Waals surface area contributed by atoms with Crippen LogP contribution in [0, 0.1) is 0 Å². The number of H-pyrrole nitrogens is 1. The molecule has 0 bridgehead atoms. The summed E-state index contributed by atoms with van der Waals surface area (Å²) in [6.07, 6.45) is 0.921. The van der Waals surface area contributed by atoms with Gasteiger partial charge < -0.3 is 14.8 Å². The van der Waals surface area contributed by atoms with E-state index >= 15 is 0 Å². The highest BCUT2D eigenvalue weighted by atomic mass is 16.5. The molecule has 0 amide bonds. The van der Waals surface area contributed by atoms with Crippen LogP contribution in [0.15, 0.2) is 77.8 Å². The predicted molar refractivity (Wildman–Crippen MR) is 116 cm³/mol. The quantitative estimate of drug-likeness (QED) is 0.494. The maximum absolute atomic E-state index is 12.4. The number of hydrogen-bond donors (Lipinski definition) is 2. The first-order valence-electron chi connectivity index (χ1n) is 9.89. The van der Waals surface area contributed by atoms with Gasteiger partial charge in [0.2, 0.25) is 0 Å². The summed E-state index contributed by atoms with van der Waals surface area (Å²) in [5, 5.41) is 10.6. The fourth-order valence-corrected chi connectivity index (χ4v) is 3.84. The summed E-state index contributed by atoms with van der Waals surface area (Å²) in [5.41, 5.74) is 6.69. The summed E-state index contributed by atoms with van der Waals surface area (Å²) in [6.45, 7) is 0.909. The number of aromatic nitrogens is 1. The van der Waals surface area contributed by atoms with E-state index in [9.17, 15) is 9.90 Å². The number of nitrogens with one attached hydrogen (secondary N) is 1. The first kappa shape index (κ1) is 18.2. The molecule has 148 valence electrons. The molecule has 1 aliphatic heterocycles. The van der Waals surface area contributed by atoms with Crippen LogP contribution in [0.5, 0.6) is 5.75 Å². The van der Waals surface area contributed by atoms with E-state index in [1.807, 2.05) is 18.2 Å². The van der Waals surface area contributed by atoms with Crippen molar-refractivity contribution in [2.45, 2.75) is 13.0 Å². The lowest BCUT2D eigenvalue weighted by atomic mass is 9.97. The van der Waals surface area contributed by atoms with Crippen LogP contribution < -0.4 is 0 Å². The Balaban J connectivity index is 1.35. The predicted octanol–water partition coefficient (Wildman–Crippen LogP) is 4.62. The molecule has 0 unspecified atom stereocenters. The number of benzene rings is 3. The topological polar surface area (TPSA) is 74.7 Å². The lowest BCUT2D eigenvalue weighted by molar-refractivity contribution is 0.0472. The zero-order valence-corrected chi connectivity index (χ0v) is 16.3. The highest BCUT2D eigenvalue weighted by Crippen LogP contribution is 2.28. The largest absolute Gasteiger partial charge is 0.508 e. The van der Waals surface area contributed by atoms with Crippen LogP contribution in [0.4, 0.5) is 0 Å². The van der Waals surface area contributed by atoms with Crippen LogP contribution in [-0.2, 0) is 17.8 Å². The number of aromatic hydroxyl groups is 1. The summed E-state index contributed by atoms with van der Waals surface area (Å²) < 4.78 is 5.38. The van der Waals surface area contributed by atoms with Gasteiger partial charge in [-0.15, -0.1) is 0 Å². The molecular weight excluding hydrogens is 376 g/mol. The van der Waals surface area contributed by atoms with Crippen LogP contribution in [-0.4, -0.2) is 28.3 Å². The number of aliphatic imine (C=N–C) groups is 1. The Kier molecular flexibility index (Phi) is 4.56. The third-order valence-electron chi connectivity index (χ3n) is 5.38. The molecule has 0 spiro atoms. The molecule has 2 heterocycles. The van der Waals surface area contributed by atoms with E-state index in [0.29, 0.717) is 5.56 Å². The second kappa shape index (κ2) is 7.52. The molecular formula is C25H20N2O3. The molecule has 1 aliphatic rings. The third-order valence-corrected chi connectivity index (χ3v) is 5.38. The number of carbonyl (C=O) groups excluding carboxylic acids is 1. The van der Waals surface area contributed by atoms with Crippen molar-refractivity contribution in [1.29, 1.82) is 0 Å². The molecule has 0 saturated carbocycles. The second-order valence-electron chi connectivity index (χ2n) is 7.32. The van der Waals surface area contributed by atoms with Crippen LogP contribution in [0.2, 0.25) is 0 Å². The van der Waals surface area contributed by atoms with Crippen molar-refractivity contribution in [1.82, 2.24) is 4.98 Å². The number of hydrogen-bond acceptors (Lipinski definition) is 4. The van der Waals surface area contributed by atoms with Crippen LogP contribution in [0.25, 0.3) is 10.9 Å². The maximum Gasteiger partial charge on any atom is 0.338 e. The van der Waals surface area contributed by atoms with Gasteiger partial charge in [0.05, 0.1) is 17.0 Å². The van der Waals surface area contributed by atoms with Gasteiger partial charge in [-0.25, -0.2) is 4.79 Å². The van der Waals surface area contributed by atoms with E-state index in [0.717, 1.165) is 41.0 Å². The summed E-state index contributed by atoms with van der Waals surface area (Å²) in [4.78, 5) is 20.6. The van der Waals surface area contributed by atoms with E-state index < -0.39 is 0 Å². The Bertz CT molecular complexity index is 1250. The average molecular weight is 396 g/mol. The molecule has 0 saturated heterocycles. The molecule has 0 aliphatic carbocycles.